The second-order valence-electron chi connectivity index (χ2n) is 20.1. The van der Waals surface area contributed by atoms with Crippen molar-refractivity contribution in [3.63, 3.8) is 0 Å². The lowest BCUT2D eigenvalue weighted by molar-refractivity contribution is -0.137. The third-order valence-corrected chi connectivity index (χ3v) is 16.2. The number of anilines is 1. The number of aryl methyl sites for hydroxylation is 1. The Kier molecular flexibility index (Phi) is 13.1. The van der Waals surface area contributed by atoms with E-state index in [0.29, 0.717) is 54.5 Å². The number of carbonyl (C=O) groups is 4. The van der Waals surface area contributed by atoms with E-state index in [1.54, 1.807) is 30.7 Å². The van der Waals surface area contributed by atoms with Gasteiger partial charge in [0.05, 0.1) is 14.2 Å². The Labute approximate surface area is 383 Å². The largest absolute Gasteiger partial charge is 0.496 e. The summed E-state index contributed by atoms with van der Waals surface area (Å²) in [5, 5.41) is 5.13. The van der Waals surface area contributed by atoms with Crippen LogP contribution < -0.4 is 30.6 Å². The minimum absolute atomic E-state index is 0.0454. The first-order chi connectivity index (χ1) is 31.5. The summed E-state index contributed by atoms with van der Waals surface area (Å²) in [6.45, 7) is 5.77. The number of methoxy groups -OCH3 is 2. The monoisotopic (exact) mass is 889 g/mol. The summed E-state index contributed by atoms with van der Waals surface area (Å²) in [5.74, 6) is 2.50. The number of nitrogens with one attached hydrogen (secondary N) is 2. The van der Waals surface area contributed by atoms with E-state index in [1.807, 2.05) is 25.4 Å². The summed E-state index contributed by atoms with van der Waals surface area (Å²) in [5.41, 5.74) is 8.25. The number of piperidine rings is 2. The van der Waals surface area contributed by atoms with Gasteiger partial charge in [0.1, 0.15) is 17.5 Å². The van der Waals surface area contributed by atoms with E-state index in [4.69, 9.17) is 9.47 Å². The Balaban J connectivity index is 0.822. The maximum atomic E-state index is 13.5. The molecule has 1 aromatic heterocycles. The number of imide groups is 1. The molecule has 2 aliphatic carbocycles. The molecule has 9 rings (SSSR count). The molecule has 65 heavy (non-hydrogen) atoms. The summed E-state index contributed by atoms with van der Waals surface area (Å²) >= 11 is 0. The van der Waals surface area contributed by atoms with Crippen molar-refractivity contribution in [3.8, 4) is 22.6 Å². The number of hydrogen-bond acceptors (Lipinski definition) is 9. The van der Waals surface area contributed by atoms with Gasteiger partial charge in [0, 0.05) is 87.3 Å². The number of fused-ring (bicyclic) bond motifs is 2. The van der Waals surface area contributed by atoms with Gasteiger partial charge in [-0.25, -0.2) is 0 Å². The lowest BCUT2D eigenvalue weighted by Crippen LogP contribution is -2.52. The van der Waals surface area contributed by atoms with Gasteiger partial charge in [0.25, 0.3) is 11.5 Å². The summed E-state index contributed by atoms with van der Waals surface area (Å²) in [4.78, 5) is 70.0. The zero-order valence-electron chi connectivity index (χ0n) is 39.0. The molecular weight excluding hydrogens is 821 g/mol. The molecule has 348 valence electrons. The van der Waals surface area contributed by atoms with Crippen LogP contribution in [0.1, 0.15) is 116 Å². The molecular formula is C52H68N6O7. The molecule has 3 saturated heterocycles. The number of hydrogen-bond donors (Lipinski definition) is 2. The van der Waals surface area contributed by atoms with Crippen LogP contribution in [0.2, 0.25) is 0 Å². The van der Waals surface area contributed by atoms with Crippen molar-refractivity contribution in [2.75, 3.05) is 58.9 Å². The highest BCUT2D eigenvalue weighted by atomic mass is 16.5. The Morgan fingerprint density at radius 3 is 2.34 bits per heavy atom. The smallest absolute Gasteiger partial charge is 0.255 e. The van der Waals surface area contributed by atoms with Crippen LogP contribution in [0.3, 0.4) is 0 Å². The van der Waals surface area contributed by atoms with E-state index in [2.05, 4.69) is 38.6 Å². The first-order valence-corrected chi connectivity index (χ1v) is 24.4. The van der Waals surface area contributed by atoms with Crippen molar-refractivity contribution < 1.29 is 28.7 Å². The lowest BCUT2D eigenvalue weighted by Gasteiger charge is -2.38. The second kappa shape index (κ2) is 19.0. The average molecular weight is 889 g/mol. The van der Waals surface area contributed by atoms with Crippen LogP contribution in [0.5, 0.6) is 11.5 Å². The third kappa shape index (κ3) is 9.31. The van der Waals surface area contributed by atoms with Crippen LogP contribution >= 0.6 is 0 Å². The van der Waals surface area contributed by atoms with E-state index < -0.39 is 6.04 Å². The van der Waals surface area contributed by atoms with Crippen LogP contribution in [-0.4, -0.2) is 98.0 Å². The summed E-state index contributed by atoms with van der Waals surface area (Å²) < 4.78 is 14.1. The molecule has 1 spiro atoms. The Morgan fingerprint density at radius 2 is 1.63 bits per heavy atom. The molecule has 3 unspecified atom stereocenters. The molecule has 4 aliphatic heterocycles. The number of ether oxygens (including phenoxy) is 2. The van der Waals surface area contributed by atoms with E-state index in [1.165, 1.54) is 38.5 Å². The molecule has 5 heterocycles. The maximum Gasteiger partial charge on any atom is 0.255 e. The molecule has 4 amide bonds. The molecule has 1 saturated carbocycles. The van der Waals surface area contributed by atoms with Gasteiger partial charge >= 0.3 is 0 Å². The molecule has 13 nitrogen and oxygen atoms in total. The first kappa shape index (κ1) is 45.0. The summed E-state index contributed by atoms with van der Waals surface area (Å²) in [7, 11) is 7.03. The standard InChI is InChI=1S/C52H68N6O7/c1-53-47(59)14-9-34-8-12-39-41(25-34)50(62)55(2)31-43(39)36-26-45(64-3)42(46(27-36)65-4)28-37-7-5-6-21-56(32-52(37)19-20-52)22-16-33-17-23-57(24-18-33)38-11-10-35-30-58(51(63)40(35)29-38)44-13-15-48(60)54-49(44)61/h10-11,26-27,29,31,33-34,37,44H,5-9,12-25,28,30,32H2,1-4H3,(H,53,59)(H,54,60,61). The van der Waals surface area contributed by atoms with Crippen LogP contribution in [0, 0.1) is 23.2 Å². The van der Waals surface area contributed by atoms with Crippen LogP contribution in [0.15, 0.2) is 41.3 Å². The number of aromatic nitrogens is 1. The number of carbonyl (C=O) groups excluding carboxylic acids is 4. The highest BCUT2D eigenvalue weighted by Crippen LogP contribution is 2.57. The fraction of sp³-hybridized carbons (Fsp3) is 0.596. The van der Waals surface area contributed by atoms with E-state index >= 15 is 0 Å². The second-order valence-corrected chi connectivity index (χ2v) is 20.1. The van der Waals surface area contributed by atoms with Crippen molar-refractivity contribution >= 4 is 29.3 Å². The number of rotatable bonds is 13. The quantitative estimate of drug-likeness (QED) is 0.192. The minimum Gasteiger partial charge on any atom is -0.496 e. The van der Waals surface area contributed by atoms with Crippen LogP contribution in [-0.2, 0) is 47.2 Å². The fourth-order valence-corrected chi connectivity index (χ4v) is 12.1. The first-order valence-electron chi connectivity index (χ1n) is 24.4. The number of benzene rings is 2. The van der Waals surface area contributed by atoms with Crippen LogP contribution in [0.4, 0.5) is 5.69 Å². The zero-order valence-corrected chi connectivity index (χ0v) is 39.0. The summed E-state index contributed by atoms with van der Waals surface area (Å²) in [6.07, 6.45) is 16.9. The molecule has 2 N–H and O–H groups in total. The number of likely N-dealkylation sites (tertiary alicyclic amines) is 1. The normalized spacial score (nSPS) is 23.4. The van der Waals surface area contributed by atoms with Crippen LogP contribution in [0.25, 0.3) is 11.1 Å². The molecule has 0 bridgehead atoms. The molecule has 4 fully saturated rings. The van der Waals surface area contributed by atoms with Gasteiger partial charge in [-0.15, -0.1) is 0 Å². The van der Waals surface area contributed by atoms with Crippen molar-refractivity contribution in [3.05, 3.63) is 74.7 Å². The predicted molar refractivity (Wildman–Crippen MR) is 250 cm³/mol. The van der Waals surface area contributed by atoms with Gasteiger partial charge < -0.3 is 34.1 Å². The van der Waals surface area contributed by atoms with E-state index in [9.17, 15) is 24.0 Å². The van der Waals surface area contributed by atoms with Gasteiger partial charge in [0.2, 0.25) is 17.7 Å². The van der Waals surface area contributed by atoms with Crippen molar-refractivity contribution in [2.45, 2.75) is 115 Å². The molecule has 2 aromatic carbocycles. The lowest BCUT2D eigenvalue weighted by atomic mass is 9.78. The fourth-order valence-electron chi connectivity index (χ4n) is 12.1. The topological polar surface area (TPSA) is 143 Å². The third-order valence-electron chi connectivity index (χ3n) is 16.2. The number of amides is 4. The van der Waals surface area contributed by atoms with Gasteiger partial charge in [0.15, 0.2) is 0 Å². The summed E-state index contributed by atoms with van der Waals surface area (Å²) in [6, 6.07) is 9.92. The maximum absolute atomic E-state index is 13.5. The molecule has 3 aromatic rings. The van der Waals surface area contributed by atoms with E-state index in [0.717, 1.165) is 122 Å². The molecule has 0 radical (unpaired) electrons. The number of nitrogens with zero attached hydrogens (tertiary/aromatic N) is 4. The number of pyridine rings is 1. The van der Waals surface area contributed by atoms with Gasteiger partial charge in [-0.3, -0.25) is 29.3 Å². The van der Waals surface area contributed by atoms with Crippen molar-refractivity contribution in [2.24, 2.45) is 30.2 Å². The van der Waals surface area contributed by atoms with Gasteiger partial charge in [-0.05, 0) is 161 Å². The Morgan fingerprint density at radius 1 is 0.862 bits per heavy atom. The Bertz CT molecular complexity index is 2360. The minimum atomic E-state index is -0.596. The van der Waals surface area contributed by atoms with Gasteiger partial charge in [-0.2, -0.15) is 0 Å². The SMILES string of the molecule is CNC(=O)CCC1CCc2c(-c3cc(OC)c(CC4CCCCN(CCC5CCN(c6ccc7c(c6)C(=O)N(C6CCC(=O)NC6=O)C7)CC5)CC45CC5)c(OC)c3)cn(C)c(=O)c2C1. The van der Waals surface area contributed by atoms with Crippen molar-refractivity contribution in [1.29, 1.82) is 0 Å². The molecule has 3 atom stereocenters. The average Bonchev–Trinajstić information content (AvgIpc) is 4.04. The predicted octanol–water partition coefficient (Wildman–Crippen LogP) is 6.19. The highest BCUT2D eigenvalue weighted by molar-refractivity contribution is 6.05. The highest BCUT2D eigenvalue weighted by Gasteiger charge is 2.50. The Hall–Kier alpha value is -5.17. The van der Waals surface area contributed by atoms with E-state index in [-0.39, 0.29) is 35.6 Å². The van der Waals surface area contributed by atoms with Crippen molar-refractivity contribution in [1.82, 2.24) is 25.0 Å². The zero-order chi connectivity index (χ0) is 45.4. The molecule has 13 heteroatoms. The molecule has 6 aliphatic rings. The van der Waals surface area contributed by atoms with Gasteiger partial charge in [-0.1, -0.05) is 12.5 Å².